The van der Waals surface area contributed by atoms with Crippen LogP contribution in [-0.4, -0.2) is 41.0 Å². The lowest BCUT2D eigenvalue weighted by Crippen LogP contribution is -2.30. The fourth-order valence-corrected chi connectivity index (χ4v) is 2.43. The molecule has 5 heteroatoms. The summed E-state index contributed by atoms with van der Waals surface area (Å²) in [6.07, 6.45) is 6.93. The Hall–Kier alpha value is -0.870. The van der Waals surface area contributed by atoms with Gasteiger partial charge in [0.2, 0.25) is 0 Å². The molecule has 1 aromatic rings. The van der Waals surface area contributed by atoms with Crippen LogP contribution in [-0.2, 0) is 0 Å². The quantitative estimate of drug-likeness (QED) is 0.853. The van der Waals surface area contributed by atoms with E-state index in [1.54, 1.807) is 0 Å². The van der Waals surface area contributed by atoms with Crippen LogP contribution in [0.4, 0.5) is 5.82 Å². The molecule has 0 unspecified atom stereocenters. The molecule has 18 heavy (non-hydrogen) atoms. The van der Waals surface area contributed by atoms with Gasteiger partial charge in [0.1, 0.15) is 17.3 Å². The summed E-state index contributed by atoms with van der Waals surface area (Å²) >= 11 is 5.96. The van der Waals surface area contributed by atoms with Gasteiger partial charge >= 0.3 is 0 Å². The van der Waals surface area contributed by atoms with Crippen molar-refractivity contribution in [2.75, 3.05) is 31.5 Å². The summed E-state index contributed by atoms with van der Waals surface area (Å²) in [7, 11) is 0. The highest BCUT2D eigenvalue weighted by molar-refractivity contribution is 6.30. The van der Waals surface area contributed by atoms with Crippen molar-refractivity contribution in [3.8, 4) is 0 Å². The van der Waals surface area contributed by atoms with Crippen molar-refractivity contribution in [1.29, 1.82) is 0 Å². The number of halogens is 1. The molecule has 0 aliphatic carbocycles. The normalized spacial score (nSPS) is 17.4. The van der Waals surface area contributed by atoms with Gasteiger partial charge in [0, 0.05) is 18.7 Å². The largest absolute Gasteiger partial charge is 0.368 e. The van der Waals surface area contributed by atoms with Gasteiger partial charge in [-0.1, -0.05) is 24.4 Å². The third-order valence-electron chi connectivity index (χ3n) is 3.44. The molecule has 1 N–H and O–H groups in total. The van der Waals surface area contributed by atoms with Crippen LogP contribution in [0.1, 0.15) is 31.2 Å². The van der Waals surface area contributed by atoms with E-state index >= 15 is 0 Å². The van der Waals surface area contributed by atoms with Crippen LogP contribution in [0.5, 0.6) is 0 Å². The molecule has 0 bridgehead atoms. The summed E-state index contributed by atoms with van der Waals surface area (Å²) < 4.78 is 0. The number of rotatable bonds is 4. The molecule has 1 aliphatic heterocycles. The van der Waals surface area contributed by atoms with Gasteiger partial charge in [-0.15, -0.1) is 0 Å². The average Bonchev–Trinajstić information content (AvgIpc) is 2.63. The summed E-state index contributed by atoms with van der Waals surface area (Å²) in [6.45, 7) is 6.38. The zero-order valence-electron chi connectivity index (χ0n) is 11.0. The van der Waals surface area contributed by atoms with E-state index in [2.05, 4.69) is 20.2 Å². The third kappa shape index (κ3) is 3.82. The number of nitrogens with zero attached hydrogens (tertiary/aromatic N) is 3. The lowest BCUT2D eigenvalue weighted by atomic mass is 10.2. The first kappa shape index (κ1) is 13.6. The SMILES string of the molecule is Cc1c(Cl)ncnc1NCCN1CCCCCC1. The molecule has 100 valence electrons. The van der Waals surface area contributed by atoms with Crippen molar-refractivity contribution in [3.63, 3.8) is 0 Å². The van der Waals surface area contributed by atoms with Gasteiger partial charge in [0.15, 0.2) is 0 Å². The van der Waals surface area contributed by atoms with Crippen LogP contribution in [0, 0.1) is 6.92 Å². The molecule has 0 amide bonds. The molecule has 4 nitrogen and oxygen atoms in total. The topological polar surface area (TPSA) is 41.1 Å². The summed E-state index contributed by atoms with van der Waals surface area (Å²) in [6, 6.07) is 0. The summed E-state index contributed by atoms with van der Waals surface area (Å²) in [5.74, 6) is 0.852. The number of aromatic nitrogens is 2. The molecule has 1 aromatic heterocycles. The Morgan fingerprint density at radius 3 is 2.67 bits per heavy atom. The highest BCUT2D eigenvalue weighted by Gasteiger charge is 2.09. The molecule has 1 saturated heterocycles. The summed E-state index contributed by atoms with van der Waals surface area (Å²) in [5, 5.41) is 3.87. The number of likely N-dealkylation sites (tertiary alicyclic amines) is 1. The van der Waals surface area contributed by atoms with E-state index in [1.807, 2.05) is 6.92 Å². The minimum absolute atomic E-state index is 0.530. The van der Waals surface area contributed by atoms with Gasteiger partial charge in [-0.05, 0) is 32.9 Å². The first-order chi connectivity index (χ1) is 8.77. The minimum atomic E-state index is 0.530. The lowest BCUT2D eigenvalue weighted by molar-refractivity contribution is 0.296. The van der Waals surface area contributed by atoms with Crippen molar-refractivity contribution >= 4 is 17.4 Å². The van der Waals surface area contributed by atoms with Crippen molar-refractivity contribution in [1.82, 2.24) is 14.9 Å². The molecule has 1 aliphatic rings. The Morgan fingerprint density at radius 1 is 1.22 bits per heavy atom. The number of hydrogen-bond donors (Lipinski definition) is 1. The third-order valence-corrected chi connectivity index (χ3v) is 3.82. The van der Waals surface area contributed by atoms with Gasteiger partial charge < -0.3 is 10.2 Å². The molecule has 0 aromatic carbocycles. The van der Waals surface area contributed by atoms with Crippen LogP contribution >= 0.6 is 11.6 Å². The smallest absolute Gasteiger partial charge is 0.137 e. The second-order valence-electron chi connectivity index (χ2n) is 4.82. The zero-order chi connectivity index (χ0) is 12.8. The Kier molecular flexibility index (Phi) is 5.20. The monoisotopic (exact) mass is 268 g/mol. The van der Waals surface area contributed by atoms with E-state index in [4.69, 9.17) is 11.6 Å². The van der Waals surface area contributed by atoms with E-state index in [-0.39, 0.29) is 0 Å². The van der Waals surface area contributed by atoms with E-state index in [9.17, 15) is 0 Å². The Balaban J connectivity index is 1.79. The molecule has 0 spiro atoms. The van der Waals surface area contributed by atoms with E-state index in [1.165, 1.54) is 45.1 Å². The molecule has 0 atom stereocenters. The van der Waals surface area contributed by atoms with Gasteiger partial charge in [0.25, 0.3) is 0 Å². The minimum Gasteiger partial charge on any atom is -0.368 e. The molecule has 2 heterocycles. The maximum atomic E-state index is 5.96. The van der Waals surface area contributed by atoms with Crippen molar-refractivity contribution < 1.29 is 0 Å². The predicted octanol–water partition coefficient (Wildman–Crippen LogP) is 2.73. The van der Waals surface area contributed by atoms with Crippen LogP contribution < -0.4 is 5.32 Å². The highest BCUT2D eigenvalue weighted by Crippen LogP contribution is 2.17. The standard InChI is InChI=1S/C13H21ClN4/c1-11-12(14)16-10-17-13(11)15-6-9-18-7-4-2-3-5-8-18/h10H,2-9H2,1H3,(H,15,16,17). The lowest BCUT2D eigenvalue weighted by Gasteiger charge is -2.20. The Labute approximate surface area is 114 Å². The van der Waals surface area contributed by atoms with Gasteiger partial charge in [-0.3, -0.25) is 0 Å². The summed E-state index contributed by atoms with van der Waals surface area (Å²) in [5.41, 5.74) is 0.926. The first-order valence-electron chi connectivity index (χ1n) is 6.70. The molecular formula is C13H21ClN4. The molecule has 0 saturated carbocycles. The zero-order valence-corrected chi connectivity index (χ0v) is 11.7. The molecular weight excluding hydrogens is 248 g/mol. The predicted molar refractivity (Wildman–Crippen MR) is 75.2 cm³/mol. The maximum absolute atomic E-state index is 5.96. The number of nitrogens with one attached hydrogen (secondary N) is 1. The first-order valence-corrected chi connectivity index (χ1v) is 7.08. The van der Waals surface area contributed by atoms with Crippen molar-refractivity contribution in [3.05, 3.63) is 17.0 Å². The van der Waals surface area contributed by atoms with Crippen molar-refractivity contribution in [2.45, 2.75) is 32.6 Å². The van der Waals surface area contributed by atoms with Crippen LogP contribution in [0.2, 0.25) is 5.15 Å². The van der Waals surface area contributed by atoms with Crippen LogP contribution in [0.25, 0.3) is 0 Å². The summed E-state index contributed by atoms with van der Waals surface area (Å²) in [4.78, 5) is 10.7. The fourth-order valence-electron chi connectivity index (χ4n) is 2.30. The maximum Gasteiger partial charge on any atom is 0.137 e. The van der Waals surface area contributed by atoms with Crippen LogP contribution in [0.15, 0.2) is 6.33 Å². The number of anilines is 1. The molecule has 1 fully saturated rings. The second-order valence-corrected chi connectivity index (χ2v) is 5.18. The van der Waals surface area contributed by atoms with Gasteiger partial charge in [-0.25, -0.2) is 9.97 Å². The molecule has 2 rings (SSSR count). The van der Waals surface area contributed by atoms with Gasteiger partial charge in [-0.2, -0.15) is 0 Å². The second kappa shape index (κ2) is 6.90. The average molecular weight is 269 g/mol. The number of hydrogen-bond acceptors (Lipinski definition) is 4. The highest BCUT2D eigenvalue weighted by atomic mass is 35.5. The van der Waals surface area contributed by atoms with E-state index in [0.717, 1.165) is 24.5 Å². The van der Waals surface area contributed by atoms with Crippen molar-refractivity contribution in [2.24, 2.45) is 0 Å². The van der Waals surface area contributed by atoms with Gasteiger partial charge in [0.05, 0.1) is 0 Å². The van der Waals surface area contributed by atoms with E-state index in [0.29, 0.717) is 5.15 Å². The van der Waals surface area contributed by atoms with E-state index < -0.39 is 0 Å². The van der Waals surface area contributed by atoms with Crippen LogP contribution in [0.3, 0.4) is 0 Å². The fraction of sp³-hybridized carbons (Fsp3) is 0.692. The molecule has 0 radical (unpaired) electrons. The Morgan fingerprint density at radius 2 is 1.94 bits per heavy atom. The Bertz CT molecular complexity index is 375.